The summed E-state index contributed by atoms with van der Waals surface area (Å²) in [6.07, 6.45) is 4.20. The van der Waals surface area contributed by atoms with Crippen molar-refractivity contribution in [1.29, 1.82) is 5.26 Å². The molecule has 0 radical (unpaired) electrons. The summed E-state index contributed by atoms with van der Waals surface area (Å²) in [7, 11) is 0. The second-order valence-corrected chi connectivity index (χ2v) is 7.83. The molecule has 10 nitrogen and oxygen atoms in total. The van der Waals surface area contributed by atoms with Gasteiger partial charge in [-0.2, -0.15) is 15.3 Å². The summed E-state index contributed by atoms with van der Waals surface area (Å²) >= 11 is 0. The number of pyridine rings is 1. The Morgan fingerprint density at radius 3 is 2.85 bits per heavy atom. The van der Waals surface area contributed by atoms with E-state index < -0.39 is 0 Å². The Kier molecular flexibility index (Phi) is 6.82. The first-order chi connectivity index (χ1) is 16.5. The standard InChI is InChI=1S/C24H24N6O4/c1-4-32-21(31)6-5-9-30-20-8-7-16(10-18(20)14-27-30)22-28-24(34-29-22)19-11-17(12-25)23(26-13-19)33-15(2)3/h7-8,10-11,13-15H,4-6,9H2,1-3H3. The molecule has 4 rings (SSSR count). The highest BCUT2D eigenvalue weighted by atomic mass is 16.5. The van der Waals surface area contributed by atoms with Gasteiger partial charge >= 0.3 is 5.97 Å². The van der Waals surface area contributed by atoms with Gasteiger partial charge < -0.3 is 14.0 Å². The molecule has 0 aliphatic heterocycles. The topological polar surface area (TPSA) is 129 Å². The molecule has 0 saturated heterocycles. The van der Waals surface area contributed by atoms with Gasteiger partial charge in [-0.05, 0) is 51.5 Å². The number of ether oxygens (including phenoxy) is 2. The summed E-state index contributed by atoms with van der Waals surface area (Å²) in [6.45, 7) is 6.52. The number of fused-ring (bicyclic) bond motifs is 1. The molecular weight excluding hydrogens is 436 g/mol. The van der Waals surface area contributed by atoms with E-state index in [0.717, 1.165) is 16.5 Å². The molecular formula is C24H24N6O4. The zero-order valence-electron chi connectivity index (χ0n) is 19.2. The van der Waals surface area contributed by atoms with Gasteiger partial charge in [0.1, 0.15) is 11.6 Å². The predicted molar refractivity (Wildman–Crippen MR) is 123 cm³/mol. The van der Waals surface area contributed by atoms with Gasteiger partial charge in [0.2, 0.25) is 11.7 Å². The molecule has 3 heterocycles. The van der Waals surface area contributed by atoms with Gasteiger partial charge in [0.05, 0.1) is 30.0 Å². The lowest BCUT2D eigenvalue weighted by Gasteiger charge is -2.09. The number of aromatic nitrogens is 5. The number of esters is 1. The summed E-state index contributed by atoms with van der Waals surface area (Å²) < 4.78 is 17.8. The third-order valence-electron chi connectivity index (χ3n) is 4.95. The lowest BCUT2D eigenvalue weighted by atomic mass is 10.1. The molecule has 3 aromatic heterocycles. The van der Waals surface area contributed by atoms with Crippen molar-refractivity contribution in [3.05, 3.63) is 42.2 Å². The van der Waals surface area contributed by atoms with E-state index in [9.17, 15) is 10.1 Å². The number of carbonyl (C=O) groups excluding carboxylic acids is 1. The van der Waals surface area contributed by atoms with Crippen molar-refractivity contribution >= 4 is 16.9 Å². The SMILES string of the molecule is CCOC(=O)CCCn1ncc2cc(-c3noc(-c4cnc(OC(C)C)c(C#N)c4)n3)ccc21. The summed E-state index contributed by atoms with van der Waals surface area (Å²) in [5.41, 5.74) is 2.53. The zero-order chi connectivity index (χ0) is 24.1. The van der Waals surface area contributed by atoms with Gasteiger partial charge in [-0.15, -0.1) is 0 Å². The molecule has 0 amide bonds. The minimum Gasteiger partial charge on any atom is -0.474 e. The fourth-order valence-electron chi connectivity index (χ4n) is 3.44. The molecule has 0 N–H and O–H groups in total. The highest BCUT2D eigenvalue weighted by molar-refractivity contribution is 5.83. The van der Waals surface area contributed by atoms with Crippen molar-refractivity contribution in [3.63, 3.8) is 0 Å². The van der Waals surface area contributed by atoms with Gasteiger partial charge in [0, 0.05) is 30.1 Å². The maximum atomic E-state index is 11.5. The normalized spacial score (nSPS) is 11.0. The van der Waals surface area contributed by atoms with Crippen molar-refractivity contribution in [3.8, 4) is 34.8 Å². The third kappa shape index (κ3) is 5.04. The second kappa shape index (κ2) is 10.1. The Morgan fingerprint density at radius 1 is 1.24 bits per heavy atom. The van der Waals surface area contributed by atoms with Crippen LogP contribution in [0.4, 0.5) is 0 Å². The molecule has 0 aliphatic carbocycles. The number of hydrogen-bond acceptors (Lipinski definition) is 9. The average molecular weight is 460 g/mol. The quantitative estimate of drug-likeness (QED) is 0.338. The lowest BCUT2D eigenvalue weighted by molar-refractivity contribution is -0.143. The fourth-order valence-corrected chi connectivity index (χ4v) is 3.44. The van der Waals surface area contributed by atoms with Crippen molar-refractivity contribution in [2.75, 3.05) is 6.61 Å². The first-order valence-electron chi connectivity index (χ1n) is 11.0. The van der Waals surface area contributed by atoms with Gasteiger partial charge in [-0.3, -0.25) is 9.48 Å². The number of benzene rings is 1. The van der Waals surface area contributed by atoms with Crippen LogP contribution < -0.4 is 4.74 Å². The maximum Gasteiger partial charge on any atom is 0.305 e. The molecule has 0 spiro atoms. The number of hydrogen-bond donors (Lipinski definition) is 0. The minimum absolute atomic E-state index is 0.0997. The van der Waals surface area contributed by atoms with E-state index in [-0.39, 0.29) is 23.8 Å². The van der Waals surface area contributed by atoms with Crippen LogP contribution in [-0.2, 0) is 16.1 Å². The number of carbonyl (C=O) groups is 1. The first-order valence-corrected chi connectivity index (χ1v) is 11.0. The van der Waals surface area contributed by atoms with Crippen LogP contribution in [0.3, 0.4) is 0 Å². The van der Waals surface area contributed by atoms with E-state index >= 15 is 0 Å². The zero-order valence-corrected chi connectivity index (χ0v) is 19.2. The van der Waals surface area contributed by atoms with Crippen LogP contribution in [-0.4, -0.2) is 43.6 Å². The Balaban J connectivity index is 1.51. The molecule has 34 heavy (non-hydrogen) atoms. The van der Waals surface area contributed by atoms with E-state index in [1.54, 1.807) is 25.4 Å². The predicted octanol–water partition coefficient (Wildman–Crippen LogP) is 4.15. The first kappa shape index (κ1) is 22.9. The largest absolute Gasteiger partial charge is 0.474 e. The average Bonchev–Trinajstić information content (AvgIpc) is 3.46. The van der Waals surface area contributed by atoms with E-state index in [4.69, 9.17) is 14.0 Å². The van der Waals surface area contributed by atoms with Crippen LogP contribution in [0, 0.1) is 11.3 Å². The van der Waals surface area contributed by atoms with Crippen LogP contribution in [0.15, 0.2) is 41.2 Å². The summed E-state index contributed by atoms with van der Waals surface area (Å²) in [5.74, 6) is 0.733. The van der Waals surface area contributed by atoms with Crippen LogP contribution in [0.2, 0.25) is 0 Å². The number of nitriles is 1. The second-order valence-electron chi connectivity index (χ2n) is 7.83. The van der Waals surface area contributed by atoms with Gasteiger partial charge in [0.25, 0.3) is 5.89 Å². The van der Waals surface area contributed by atoms with Crippen molar-refractivity contribution in [2.24, 2.45) is 0 Å². The molecule has 0 fully saturated rings. The molecule has 4 aromatic rings. The van der Waals surface area contributed by atoms with Gasteiger partial charge in [0.15, 0.2) is 0 Å². The molecule has 0 atom stereocenters. The van der Waals surface area contributed by atoms with Crippen LogP contribution in [0.1, 0.15) is 39.2 Å². The smallest absolute Gasteiger partial charge is 0.305 e. The molecule has 0 unspecified atom stereocenters. The van der Waals surface area contributed by atoms with Crippen LogP contribution in [0.5, 0.6) is 5.88 Å². The summed E-state index contributed by atoms with van der Waals surface area (Å²) in [6, 6.07) is 9.46. The monoisotopic (exact) mass is 460 g/mol. The number of nitrogens with zero attached hydrogens (tertiary/aromatic N) is 6. The fraction of sp³-hybridized carbons (Fsp3) is 0.333. The van der Waals surface area contributed by atoms with Crippen molar-refractivity contribution < 1.29 is 18.8 Å². The Hall–Kier alpha value is -4.26. The van der Waals surface area contributed by atoms with E-state index in [1.165, 1.54) is 0 Å². The minimum atomic E-state index is -0.201. The number of aryl methyl sites for hydroxylation is 1. The molecule has 0 saturated carbocycles. The van der Waals surface area contributed by atoms with E-state index in [0.29, 0.717) is 42.9 Å². The van der Waals surface area contributed by atoms with Crippen molar-refractivity contribution in [1.82, 2.24) is 24.9 Å². The molecule has 0 aliphatic rings. The highest BCUT2D eigenvalue weighted by Gasteiger charge is 2.16. The Morgan fingerprint density at radius 2 is 2.09 bits per heavy atom. The van der Waals surface area contributed by atoms with Crippen molar-refractivity contribution in [2.45, 2.75) is 46.3 Å². The Labute approximate surface area is 196 Å². The maximum absolute atomic E-state index is 11.5. The van der Waals surface area contributed by atoms with Gasteiger partial charge in [-0.1, -0.05) is 5.16 Å². The third-order valence-corrected chi connectivity index (χ3v) is 4.95. The summed E-state index contributed by atoms with van der Waals surface area (Å²) in [4.78, 5) is 20.2. The Bertz CT molecular complexity index is 1350. The number of rotatable bonds is 9. The van der Waals surface area contributed by atoms with Crippen LogP contribution >= 0.6 is 0 Å². The van der Waals surface area contributed by atoms with E-state index in [2.05, 4.69) is 26.3 Å². The molecule has 174 valence electrons. The molecule has 10 heteroatoms. The van der Waals surface area contributed by atoms with E-state index in [1.807, 2.05) is 36.7 Å². The van der Waals surface area contributed by atoms with Crippen LogP contribution in [0.25, 0.3) is 33.7 Å². The summed E-state index contributed by atoms with van der Waals surface area (Å²) in [5, 5.41) is 18.9. The highest BCUT2D eigenvalue weighted by Crippen LogP contribution is 2.27. The molecule has 1 aromatic carbocycles. The lowest BCUT2D eigenvalue weighted by Crippen LogP contribution is -2.08. The molecule has 0 bridgehead atoms. The van der Waals surface area contributed by atoms with Gasteiger partial charge in [-0.25, -0.2) is 4.98 Å².